The molecule has 0 aliphatic heterocycles. The summed E-state index contributed by atoms with van der Waals surface area (Å²) in [5.41, 5.74) is 4.66. The average Bonchev–Trinajstić information content (AvgIpc) is 2.69. The van der Waals surface area contributed by atoms with Crippen LogP contribution in [0.2, 0.25) is 10.0 Å². The Hall–Kier alpha value is -1.32. The number of hydrogen-bond acceptors (Lipinski definition) is 0. The molecule has 0 N–H and O–H groups in total. The maximum atomic E-state index is 6.03. The summed E-state index contributed by atoms with van der Waals surface area (Å²) in [6.07, 6.45) is 4.42. The minimum atomic E-state index is 0.0799. The van der Waals surface area contributed by atoms with E-state index < -0.39 is 0 Å². The van der Waals surface area contributed by atoms with Crippen molar-refractivity contribution in [1.29, 1.82) is 0 Å². The number of hydrogen-bond donors (Lipinski definition) is 0. The fourth-order valence-corrected chi connectivity index (χ4v) is 4.26. The van der Waals surface area contributed by atoms with Crippen LogP contribution in [0.1, 0.15) is 28.2 Å². The summed E-state index contributed by atoms with van der Waals surface area (Å²) in [7, 11) is 0. The van der Waals surface area contributed by atoms with Gasteiger partial charge >= 0.3 is 0 Å². The quantitative estimate of drug-likeness (QED) is 0.305. The van der Waals surface area contributed by atoms with Crippen molar-refractivity contribution in [3.05, 3.63) is 117 Å². The topological polar surface area (TPSA) is 0 Å². The van der Waals surface area contributed by atoms with Gasteiger partial charge in [-0.05, 0) is 53.4 Å². The molecule has 142 valence electrons. The standard InChI is InChI=1S/C24H18Br2Cl2/c1-16-4-2-3-5-22(16)19(14-23(25)17-6-10-20(27)11-7-17)15-24(26)18-8-12-21(28)13-9-18/h2-15,19H,1H3/b23-14-,24-15-. The lowest BCUT2D eigenvalue weighted by molar-refractivity contribution is 1.07. The largest absolute Gasteiger partial charge is 0.0843 e. The minimum Gasteiger partial charge on any atom is -0.0843 e. The van der Waals surface area contributed by atoms with Crippen molar-refractivity contribution in [2.75, 3.05) is 0 Å². The molecule has 4 heteroatoms. The summed E-state index contributed by atoms with van der Waals surface area (Å²) < 4.78 is 2.04. The summed E-state index contributed by atoms with van der Waals surface area (Å²) in [6.45, 7) is 2.14. The van der Waals surface area contributed by atoms with Crippen molar-refractivity contribution in [1.82, 2.24) is 0 Å². The predicted octanol–water partition coefficient (Wildman–Crippen LogP) is 9.26. The maximum Gasteiger partial charge on any atom is 0.0406 e. The number of allylic oxidation sites excluding steroid dienone is 2. The van der Waals surface area contributed by atoms with E-state index >= 15 is 0 Å². The van der Waals surface area contributed by atoms with Crippen LogP contribution in [0.4, 0.5) is 0 Å². The average molecular weight is 537 g/mol. The lowest BCUT2D eigenvalue weighted by Crippen LogP contribution is -1.96. The van der Waals surface area contributed by atoms with Gasteiger partial charge < -0.3 is 0 Å². The van der Waals surface area contributed by atoms with Gasteiger partial charge in [-0.25, -0.2) is 0 Å². The maximum absolute atomic E-state index is 6.03. The molecule has 0 spiro atoms. The summed E-state index contributed by atoms with van der Waals surface area (Å²) in [5, 5.41) is 1.45. The second-order valence-corrected chi connectivity index (χ2v) is 9.01. The Morgan fingerprint density at radius 1 is 0.714 bits per heavy atom. The molecule has 3 aromatic rings. The van der Waals surface area contributed by atoms with Crippen LogP contribution in [0.5, 0.6) is 0 Å². The predicted molar refractivity (Wildman–Crippen MR) is 131 cm³/mol. The van der Waals surface area contributed by atoms with Crippen LogP contribution in [0.25, 0.3) is 8.96 Å². The van der Waals surface area contributed by atoms with Crippen molar-refractivity contribution in [3.63, 3.8) is 0 Å². The molecule has 3 rings (SSSR count). The van der Waals surface area contributed by atoms with E-state index in [0.29, 0.717) is 0 Å². The van der Waals surface area contributed by atoms with Crippen molar-refractivity contribution >= 4 is 64.0 Å². The molecule has 0 heterocycles. The fourth-order valence-electron chi connectivity index (χ4n) is 2.91. The first-order valence-electron chi connectivity index (χ1n) is 8.76. The Morgan fingerprint density at radius 3 is 1.57 bits per heavy atom. The van der Waals surface area contributed by atoms with Gasteiger partial charge in [-0.3, -0.25) is 0 Å². The van der Waals surface area contributed by atoms with Crippen LogP contribution in [0, 0.1) is 6.92 Å². The molecular formula is C24H18Br2Cl2. The van der Waals surface area contributed by atoms with Crippen LogP contribution in [0.15, 0.2) is 84.9 Å². The van der Waals surface area contributed by atoms with Gasteiger partial charge in [-0.15, -0.1) is 0 Å². The first kappa shape index (κ1) is 21.4. The zero-order chi connectivity index (χ0) is 20.1. The molecule has 0 unspecified atom stereocenters. The number of aryl methyl sites for hydroxylation is 1. The monoisotopic (exact) mass is 534 g/mol. The molecule has 0 nitrogen and oxygen atoms in total. The Morgan fingerprint density at radius 2 is 1.14 bits per heavy atom. The van der Waals surface area contributed by atoms with Crippen LogP contribution in [-0.2, 0) is 0 Å². The van der Waals surface area contributed by atoms with E-state index in [9.17, 15) is 0 Å². The van der Waals surface area contributed by atoms with Gasteiger partial charge in [-0.2, -0.15) is 0 Å². The molecule has 0 bridgehead atoms. The van der Waals surface area contributed by atoms with E-state index in [1.165, 1.54) is 11.1 Å². The minimum absolute atomic E-state index is 0.0799. The van der Waals surface area contributed by atoms with E-state index in [1.54, 1.807) is 0 Å². The lowest BCUT2D eigenvalue weighted by atomic mass is 9.92. The van der Waals surface area contributed by atoms with Crippen LogP contribution in [0.3, 0.4) is 0 Å². The van der Waals surface area contributed by atoms with E-state index in [1.807, 2.05) is 48.5 Å². The molecular weight excluding hydrogens is 519 g/mol. The molecule has 28 heavy (non-hydrogen) atoms. The highest BCUT2D eigenvalue weighted by molar-refractivity contribution is 9.15. The van der Waals surface area contributed by atoms with E-state index in [2.05, 4.69) is 75.2 Å². The highest BCUT2D eigenvalue weighted by atomic mass is 79.9. The van der Waals surface area contributed by atoms with E-state index in [0.717, 1.165) is 30.1 Å². The molecule has 0 saturated carbocycles. The number of halogens is 4. The molecule has 0 saturated heterocycles. The molecule has 0 amide bonds. The number of benzene rings is 3. The van der Waals surface area contributed by atoms with Crippen molar-refractivity contribution in [2.45, 2.75) is 12.8 Å². The van der Waals surface area contributed by atoms with Crippen LogP contribution in [-0.4, -0.2) is 0 Å². The lowest BCUT2D eigenvalue weighted by Gasteiger charge is -2.15. The third-order valence-corrected chi connectivity index (χ3v) is 6.39. The first-order valence-corrected chi connectivity index (χ1v) is 11.1. The molecule has 0 aromatic heterocycles. The van der Waals surface area contributed by atoms with E-state index in [-0.39, 0.29) is 5.92 Å². The molecule has 0 radical (unpaired) electrons. The summed E-state index contributed by atoms with van der Waals surface area (Å²) in [4.78, 5) is 0. The first-order chi connectivity index (χ1) is 13.4. The van der Waals surface area contributed by atoms with Crippen LogP contribution < -0.4 is 0 Å². The van der Waals surface area contributed by atoms with Gasteiger partial charge in [0.2, 0.25) is 0 Å². The highest BCUT2D eigenvalue weighted by Gasteiger charge is 2.12. The second-order valence-electron chi connectivity index (χ2n) is 6.43. The van der Waals surface area contributed by atoms with Gasteiger partial charge in [0, 0.05) is 24.9 Å². The zero-order valence-electron chi connectivity index (χ0n) is 15.2. The number of rotatable bonds is 5. The Balaban J connectivity index is 2.03. The van der Waals surface area contributed by atoms with Crippen molar-refractivity contribution in [3.8, 4) is 0 Å². The van der Waals surface area contributed by atoms with Gasteiger partial charge in [0.05, 0.1) is 0 Å². The molecule has 0 atom stereocenters. The normalized spacial score (nSPS) is 12.5. The molecule has 0 aliphatic rings. The van der Waals surface area contributed by atoms with Crippen molar-refractivity contribution in [2.24, 2.45) is 0 Å². The Bertz CT molecular complexity index is 942. The third-order valence-electron chi connectivity index (χ3n) is 4.44. The third kappa shape index (κ3) is 5.61. The molecule has 0 fully saturated rings. The summed E-state index contributed by atoms with van der Waals surface area (Å²) in [6, 6.07) is 24.1. The Kier molecular flexibility index (Phi) is 7.59. The molecule has 0 aliphatic carbocycles. The Labute approximate surface area is 193 Å². The SMILES string of the molecule is Cc1ccccc1C(/C=C(\Br)c1ccc(Cl)cc1)/C=C(\Br)c1ccc(Cl)cc1. The summed E-state index contributed by atoms with van der Waals surface area (Å²) >= 11 is 19.5. The van der Waals surface area contributed by atoms with Gasteiger partial charge in [-0.1, -0.05) is 116 Å². The second kappa shape index (κ2) is 9.93. The highest BCUT2D eigenvalue weighted by Crippen LogP contribution is 2.34. The van der Waals surface area contributed by atoms with Gasteiger partial charge in [0.1, 0.15) is 0 Å². The summed E-state index contributed by atoms with van der Waals surface area (Å²) in [5.74, 6) is 0.0799. The van der Waals surface area contributed by atoms with Crippen LogP contribution >= 0.6 is 55.1 Å². The smallest absolute Gasteiger partial charge is 0.0406 e. The zero-order valence-corrected chi connectivity index (χ0v) is 19.9. The van der Waals surface area contributed by atoms with Gasteiger partial charge in [0.15, 0.2) is 0 Å². The van der Waals surface area contributed by atoms with Crippen molar-refractivity contribution < 1.29 is 0 Å². The van der Waals surface area contributed by atoms with Gasteiger partial charge in [0.25, 0.3) is 0 Å². The fraction of sp³-hybridized carbons (Fsp3) is 0.0833. The molecule has 3 aromatic carbocycles. The van der Waals surface area contributed by atoms with E-state index in [4.69, 9.17) is 23.2 Å².